The molecule has 0 bridgehead atoms. The Morgan fingerprint density at radius 1 is 0.931 bits per heavy atom. The number of amides is 1. The third-order valence-electron chi connectivity index (χ3n) is 4.97. The van der Waals surface area contributed by atoms with E-state index in [1.165, 1.54) is 5.56 Å². The number of hydrogen-bond acceptors (Lipinski definition) is 3. The SMILES string of the molecule is Cc1ccc(CN2C(=O)/C(=C\C=C\c3ccc(N=O)cc3)c3ccccc32)cc1. The van der Waals surface area contributed by atoms with Crippen LogP contribution in [0.2, 0.25) is 0 Å². The normalized spacial score (nSPS) is 14.6. The molecule has 0 unspecified atom stereocenters. The second kappa shape index (κ2) is 8.07. The van der Waals surface area contributed by atoms with Gasteiger partial charge in [0.25, 0.3) is 5.91 Å². The first kappa shape index (κ1) is 18.6. The van der Waals surface area contributed by atoms with Crippen molar-refractivity contribution in [3.8, 4) is 0 Å². The summed E-state index contributed by atoms with van der Waals surface area (Å²) in [6, 6.07) is 23.1. The Bertz CT molecular complexity index is 1110. The molecule has 1 amide bonds. The molecule has 142 valence electrons. The minimum absolute atomic E-state index is 0.00284. The van der Waals surface area contributed by atoms with E-state index in [9.17, 15) is 9.70 Å². The van der Waals surface area contributed by atoms with Gasteiger partial charge in [0.2, 0.25) is 0 Å². The van der Waals surface area contributed by atoms with Gasteiger partial charge in [0.1, 0.15) is 5.69 Å². The molecule has 0 saturated heterocycles. The molecule has 0 aromatic heterocycles. The van der Waals surface area contributed by atoms with Crippen molar-refractivity contribution < 1.29 is 4.79 Å². The van der Waals surface area contributed by atoms with Crippen LogP contribution in [0.15, 0.2) is 90.1 Å². The van der Waals surface area contributed by atoms with Crippen molar-refractivity contribution in [2.24, 2.45) is 5.18 Å². The van der Waals surface area contributed by atoms with Crippen molar-refractivity contribution in [2.75, 3.05) is 4.90 Å². The summed E-state index contributed by atoms with van der Waals surface area (Å²) in [7, 11) is 0. The number of anilines is 1. The zero-order chi connectivity index (χ0) is 20.2. The number of nitrogens with zero attached hydrogens (tertiary/aromatic N) is 2. The van der Waals surface area contributed by atoms with Crippen LogP contribution >= 0.6 is 0 Å². The van der Waals surface area contributed by atoms with Crippen LogP contribution in [0.1, 0.15) is 22.3 Å². The Morgan fingerprint density at radius 2 is 1.66 bits per heavy atom. The average Bonchev–Trinajstić information content (AvgIpc) is 3.02. The van der Waals surface area contributed by atoms with Crippen LogP contribution in [0.5, 0.6) is 0 Å². The van der Waals surface area contributed by atoms with Gasteiger partial charge in [0, 0.05) is 11.1 Å². The zero-order valence-electron chi connectivity index (χ0n) is 16.1. The number of benzene rings is 3. The number of carbonyl (C=O) groups is 1. The lowest BCUT2D eigenvalue weighted by atomic mass is 10.1. The second-order valence-electron chi connectivity index (χ2n) is 7.02. The molecule has 3 aromatic carbocycles. The molecule has 0 saturated carbocycles. The lowest BCUT2D eigenvalue weighted by Crippen LogP contribution is -2.25. The summed E-state index contributed by atoms with van der Waals surface area (Å²) < 4.78 is 0. The maximum absolute atomic E-state index is 13.1. The highest BCUT2D eigenvalue weighted by Gasteiger charge is 2.31. The number of fused-ring (bicyclic) bond motifs is 1. The fraction of sp³-hybridized carbons (Fsp3) is 0.0800. The van der Waals surface area contributed by atoms with Crippen LogP contribution in [0, 0.1) is 11.8 Å². The highest BCUT2D eigenvalue weighted by atomic mass is 16.3. The van der Waals surface area contributed by atoms with Crippen LogP contribution in [-0.2, 0) is 11.3 Å². The number of hydrogen-bond donors (Lipinski definition) is 0. The Kier molecular flexibility index (Phi) is 5.16. The van der Waals surface area contributed by atoms with E-state index < -0.39 is 0 Å². The van der Waals surface area contributed by atoms with Crippen molar-refractivity contribution in [2.45, 2.75) is 13.5 Å². The van der Waals surface area contributed by atoms with Crippen molar-refractivity contribution >= 4 is 28.9 Å². The summed E-state index contributed by atoms with van der Waals surface area (Å²) in [4.78, 5) is 25.5. The standard InChI is InChI=1S/C25H20N2O2/c1-18-9-11-20(12-10-18)17-27-24-8-3-2-6-22(24)23(25(27)28)7-4-5-19-13-15-21(26-29)16-14-19/h2-16H,17H2,1H3/b5-4+,23-7-. The molecule has 4 rings (SSSR count). The smallest absolute Gasteiger partial charge is 0.259 e. The van der Waals surface area contributed by atoms with E-state index in [0.717, 1.165) is 22.4 Å². The predicted octanol–water partition coefficient (Wildman–Crippen LogP) is 6.04. The molecule has 1 heterocycles. The lowest BCUT2D eigenvalue weighted by Gasteiger charge is -2.17. The van der Waals surface area contributed by atoms with Gasteiger partial charge in [-0.05, 0) is 47.5 Å². The largest absolute Gasteiger partial charge is 0.303 e. The van der Waals surface area contributed by atoms with Gasteiger partial charge in [-0.15, -0.1) is 4.91 Å². The van der Waals surface area contributed by atoms with Gasteiger partial charge in [-0.2, -0.15) is 0 Å². The van der Waals surface area contributed by atoms with E-state index in [2.05, 4.69) is 36.4 Å². The second-order valence-corrected chi connectivity index (χ2v) is 7.02. The third kappa shape index (κ3) is 3.92. The van der Waals surface area contributed by atoms with Crippen molar-refractivity contribution in [3.63, 3.8) is 0 Å². The molecule has 4 heteroatoms. The highest BCUT2D eigenvalue weighted by Crippen LogP contribution is 2.37. The van der Waals surface area contributed by atoms with Crippen LogP contribution in [-0.4, -0.2) is 5.91 Å². The number of nitroso groups, excluding NO2 is 1. The fourth-order valence-corrected chi connectivity index (χ4v) is 3.40. The average molecular weight is 380 g/mol. The quantitative estimate of drug-likeness (QED) is 0.400. The molecular weight excluding hydrogens is 360 g/mol. The maximum atomic E-state index is 13.1. The molecule has 0 fully saturated rings. The highest BCUT2D eigenvalue weighted by molar-refractivity contribution is 6.32. The lowest BCUT2D eigenvalue weighted by molar-refractivity contribution is -0.113. The summed E-state index contributed by atoms with van der Waals surface area (Å²) in [6.45, 7) is 2.59. The molecule has 1 aliphatic rings. The van der Waals surface area contributed by atoms with Crippen LogP contribution in [0.3, 0.4) is 0 Å². The van der Waals surface area contributed by atoms with Gasteiger partial charge in [-0.1, -0.05) is 72.3 Å². The Hall–Kier alpha value is -3.79. The Balaban J connectivity index is 1.61. The van der Waals surface area contributed by atoms with E-state index in [4.69, 9.17) is 0 Å². The van der Waals surface area contributed by atoms with Gasteiger partial charge in [0.05, 0.1) is 12.2 Å². The topological polar surface area (TPSA) is 49.7 Å². The van der Waals surface area contributed by atoms with Crippen LogP contribution in [0.4, 0.5) is 11.4 Å². The molecule has 0 atom stereocenters. The third-order valence-corrected chi connectivity index (χ3v) is 4.97. The Morgan fingerprint density at radius 3 is 2.38 bits per heavy atom. The maximum Gasteiger partial charge on any atom is 0.259 e. The monoisotopic (exact) mass is 380 g/mol. The molecule has 0 spiro atoms. The van der Waals surface area contributed by atoms with E-state index in [1.54, 1.807) is 12.1 Å². The van der Waals surface area contributed by atoms with Gasteiger partial charge in [-0.25, -0.2) is 0 Å². The molecule has 3 aromatic rings. The minimum Gasteiger partial charge on any atom is -0.303 e. The van der Waals surface area contributed by atoms with Gasteiger partial charge >= 0.3 is 0 Å². The molecule has 0 N–H and O–H groups in total. The van der Waals surface area contributed by atoms with Gasteiger partial charge < -0.3 is 4.90 Å². The summed E-state index contributed by atoms with van der Waals surface area (Å²) in [5, 5.41) is 2.90. The van der Waals surface area contributed by atoms with Crippen LogP contribution < -0.4 is 4.90 Å². The number of allylic oxidation sites excluding steroid dienone is 2. The first-order chi connectivity index (χ1) is 14.2. The minimum atomic E-state index is -0.00284. The van der Waals surface area contributed by atoms with E-state index in [1.807, 2.05) is 59.5 Å². The van der Waals surface area contributed by atoms with Crippen molar-refractivity contribution in [1.82, 2.24) is 0 Å². The first-order valence-electron chi connectivity index (χ1n) is 9.44. The zero-order valence-corrected chi connectivity index (χ0v) is 16.1. The van der Waals surface area contributed by atoms with Gasteiger partial charge in [-0.3, -0.25) is 4.79 Å². The summed E-state index contributed by atoms with van der Waals surface area (Å²) in [6.07, 6.45) is 5.62. The number of para-hydroxylation sites is 1. The molecule has 0 aliphatic carbocycles. The van der Waals surface area contributed by atoms with Gasteiger partial charge in [0.15, 0.2) is 0 Å². The summed E-state index contributed by atoms with van der Waals surface area (Å²) >= 11 is 0. The van der Waals surface area contributed by atoms with E-state index in [0.29, 0.717) is 17.8 Å². The fourth-order valence-electron chi connectivity index (χ4n) is 3.40. The van der Waals surface area contributed by atoms with E-state index in [-0.39, 0.29) is 5.91 Å². The Labute approximate surface area is 169 Å². The number of carbonyl (C=O) groups excluding carboxylic acids is 1. The molecular formula is C25H20N2O2. The first-order valence-corrected chi connectivity index (χ1v) is 9.44. The van der Waals surface area contributed by atoms with Crippen LogP contribution in [0.25, 0.3) is 11.6 Å². The molecule has 4 nitrogen and oxygen atoms in total. The molecule has 1 aliphatic heterocycles. The number of aryl methyl sites for hydroxylation is 1. The van der Waals surface area contributed by atoms with E-state index >= 15 is 0 Å². The number of rotatable bonds is 5. The summed E-state index contributed by atoms with van der Waals surface area (Å²) in [5.41, 5.74) is 6.17. The molecule has 29 heavy (non-hydrogen) atoms. The van der Waals surface area contributed by atoms with Crippen molar-refractivity contribution in [1.29, 1.82) is 0 Å². The summed E-state index contributed by atoms with van der Waals surface area (Å²) in [5.74, 6) is -0.00284. The molecule has 0 radical (unpaired) electrons. The predicted molar refractivity (Wildman–Crippen MR) is 118 cm³/mol. The van der Waals surface area contributed by atoms with Crippen molar-refractivity contribution in [3.05, 3.63) is 112 Å².